The first-order valence-electron chi connectivity index (χ1n) is 11.1. The first-order valence-corrected chi connectivity index (χ1v) is 11.8. The number of nitrogens with zero attached hydrogens (tertiary/aromatic N) is 3. The van der Waals surface area contributed by atoms with Gasteiger partial charge in [-0.1, -0.05) is 65.7 Å². The summed E-state index contributed by atoms with van der Waals surface area (Å²) in [5.74, 6) is -0.644. The maximum Gasteiger partial charge on any atom is 0.322 e. The average Bonchev–Trinajstić information content (AvgIpc) is 3.29. The van der Waals surface area contributed by atoms with Crippen molar-refractivity contribution in [3.63, 3.8) is 0 Å². The van der Waals surface area contributed by atoms with Gasteiger partial charge in [-0.15, -0.1) is 0 Å². The molecule has 0 radical (unpaired) electrons. The molecule has 36 heavy (non-hydrogen) atoms. The molecule has 4 aromatic rings. The SMILES string of the molecule is CCN(CC(=O)Nc1cc(-c2ccccc2)nn1-c1ccc(Cl)c(Cl)c1)C(=O)Nc1ccccc1F. The van der Waals surface area contributed by atoms with Crippen LogP contribution in [0.15, 0.2) is 78.9 Å². The molecule has 0 saturated carbocycles. The van der Waals surface area contributed by atoms with Gasteiger partial charge in [-0.3, -0.25) is 4.79 Å². The normalized spacial score (nSPS) is 10.7. The van der Waals surface area contributed by atoms with Crippen LogP contribution in [0.5, 0.6) is 0 Å². The Balaban J connectivity index is 1.57. The van der Waals surface area contributed by atoms with Gasteiger partial charge in [-0.05, 0) is 37.3 Å². The van der Waals surface area contributed by atoms with E-state index in [9.17, 15) is 14.0 Å². The molecule has 0 aliphatic rings. The number of carbonyl (C=O) groups excluding carboxylic acids is 2. The highest BCUT2D eigenvalue weighted by atomic mass is 35.5. The van der Waals surface area contributed by atoms with E-state index in [1.165, 1.54) is 27.8 Å². The Labute approximate surface area is 217 Å². The van der Waals surface area contributed by atoms with E-state index in [1.807, 2.05) is 30.3 Å². The third-order valence-corrected chi connectivity index (χ3v) is 6.05. The topological polar surface area (TPSA) is 79.3 Å². The van der Waals surface area contributed by atoms with Crippen molar-refractivity contribution >= 4 is 46.6 Å². The third kappa shape index (κ3) is 5.84. The van der Waals surface area contributed by atoms with Crippen LogP contribution >= 0.6 is 23.2 Å². The Kier molecular flexibility index (Phi) is 7.87. The lowest BCUT2D eigenvalue weighted by Crippen LogP contribution is -2.40. The van der Waals surface area contributed by atoms with Gasteiger partial charge in [-0.25, -0.2) is 13.9 Å². The van der Waals surface area contributed by atoms with Crippen molar-refractivity contribution in [3.8, 4) is 16.9 Å². The summed E-state index contributed by atoms with van der Waals surface area (Å²) in [7, 11) is 0. The number of amides is 3. The lowest BCUT2D eigenvalue weighted by Gasteiger charge is -2.21. The van der Waals surface area contributed by atoms with Crippen LogP contribution in [0.25, 0.3) is 16.9 Å². The van der Waals surface area contributed by atoms with Crippen molar-refractivity contribution in [2.45, 2.75) is 6.92 Å². The molecular weight excluding hydrogens is 504 g/mol. The van der Waals surface area contributed by atoms with E-state index in [2.05, 4.69) is 15.7 Å². The summed E-state index contributed by atoms with van der Waals surface area (Å²) < 4.78 is 15.5. The van der Waals surface area contributed by atoms with Gasteiger partial charge in [0.2, 0.25) is 5.91 Å². The molecule has 0 spiro atoms. The van der Waals surface area contributed by atoms with E-state index in [1.54, 1.807) is 37.3 Å². The maximum absolute atomic E-state index is 13.9. The van der Waals surface area contributed by atoms with Gasteiger partial charge in [0, 0.05) is 18.2 Å². The zero-order valence-corrected chi connectivity index (χ0v) is 20.7. The van der Waals surface area contributed by atoms with Crippen LogP contribution in [0.4, 0.5) is 20.7 Å². The van der Waals surface area contributed by atoms with E-state index in [0.29, 0.717) is 27.2 Å². The lowest BCUT2D eigenvalue weighted by molar-refractivity contribution is -0.116. The zero-order valence-electron chi connectivity index (χ0n) is 19.2. The molecule has 7 nitrogen and oxygen atoms in total. The number of halogens is 3. The number of aromatic nitrogens is 2. The van der Waals surface area contributed by atoms with Crippen molar-refractivity contribution in [1.82, 2.24) is 14.7 Å². The molecule has 184 valence electrons. The van der Waals surface area contributed by atoms with Crippen LogP contribution in [0.1, 0.15) is 6.92 Å². The number of hydrogen-bond donors (Lipinski definition) is 2. The number of urea groups is 1. The number of hydrogen-bond acceptors (Lipinski definition) is 3. The maximum atomic E-state index is 13.9. The van der Waals surface area contributed by atoms with E-state index < -0.39 is 17.8 Å². The summed E-state index contributed by atoms with van der Waals surface area (Å²) in [4.78, 5) is 26.9. The van der Waals surface area contributed by atoms with Gasteiger partial charge in [-0.2, -0.15) is 5.10 Å². The molecule has 0 bridgehead atoms. The number of para-hydroxylation sites is 1. The van der Waals surface area contributed by atoms with Crippen LogP contribution in [0, 0.1) is 5.82 Å². The molecule has 0 saturated heterocycles. The summed E-state index contributed by atoms with van der Waals surface area (Å²) in [5.41, 5.74) is 2.10. The second kappa shape index (κ2) is 11.2. The minimum atomic E-state index is -0.597. The van der Waals surface area contributed by atoms with Gasteiger partial charge in [0.05, 0.1) is 27.1 Å². The lowest BCUT2D eigenvalue weighted by atomic mass is 10.1. The highest BCUT2D eigenvalue weighted by Gasteiger charge is 2.19. The van der Waals surface area contributed by atoms with Gasteiger partial charge < -0.3 is 15.5 Å². The molecule has 4 rings (SSSR count). The third-order valence-electron chi connectivity index (χ3n) is 5.31. The molecule has 0 aliphatic heterocycles. The molecule has 0 fully saturated rings. The number of anilines is 2. The molecule has 0 atom stereocenters. The minimum absolute atomic E-state index is 0.0338. The Hall–Kier alpha value is -3.88. The van der Waals surface area contributed by atoms with E-state index in [-0.39, 0.29) is 18.8 Å². The predicted octanol–water partition coefficient (Wildman–Crippen LogP) is 6.48. The largest absolute Gasteiger partial charge is 0.322 e. The number of likely N-dealkylation sites (N-methyl/N-ethyl adjacent to an activating group) is 1. The first-order chi connectivity index (χ1) is 17.4. The van der Waals surface area contributed by atoms with Crippen molar-refractivity contribution in [1.29, 1.82) is 0 Å². The minimum Gasteiger partial charge on any atom is -0.315 e. The average molecular weight is 526 g/mol. The van der Waals surface area contributed by atoms with Crippen LogP contribution in [-0.2, 0) is 4.79 Å². The number of nitrogens with one attached hydrogen (secondary N) is 2. The second-order valence-corrected chi connectivity index (χ2v) is 8.58. The van der Waals surface area contributed by atoms with E-state index in [0.717, 1.165) is 5.56 Å². The van der Waals surface area contributed by atoms with Gasteiger partial charge in [0.1, 0.15) is 18.2 Å². The van der Waals surface area contributed by atoms with Crippen molar-refractivity contribution in [2.75, 3.05) is 23.7 Å². The summed E-state index contributed by atoms with van der Waals surface area (Å²) in [6.07, 6.45) is 0. The summed E-state index contributed by atoms with van der Waals surface area (Å²) in [6, 6.07) is 21.4. The molecule has 3 aromatic carbocycles. The number of rotatable bonds is 7. The van der Waals surface area contributed by atoms with Crippen LogP contribution < -0.4 is 10.6 Å². The number of carbonyl (C=O) groups is 2. The molecule has 0 aliphatic carbocycles. The predicted molar refractivity (Wildman–Crippen MR) is 140 cm³/mol. The van der Waals surface area contributed by atoms with E-state index in [4.69, 9.17) is 23.2 Å². The van der Waals surface area contributed by atoms with Gasteiger partial charge >= 0.3 is 6.03 Å². The molecule has 1 aromatic heterocycles. The Morgan fingerprint density at radius 1 is 0.944 bits per heavy atom. The first kappa shape index (κ1) is 25.2. The fourth-order valence-corrected chi connectivity index (χ4v) is 3.77. The quantitative estimate of drug-likeness (QED) is 0.290. The standard InChI is InChI=1S/C26H22Cl2FN5O2/c1-2-33(26(36)30-22-11-7-6-10-21(22)29)16-25(35)31-24-15-23(17-8-4-3-5-9-17)32-34(24)18-12-13-19(27)20(28)14-18/h3-15H,2,16H2,1H3,(H,30,36)(H,31,35). The summed E-state index contributed by atoms with van der Waals surface area (Å²) in [6.45, 7) is 1.70. The molecule has 0 unspecified atom stereocenters. The fourth-order valence-electron chi connectivity index (χ4n) is 3.47. The number of benzene rings is 3. The van der Waals surface area contributed by atoms with Gasteiger partial charge in [0.15, 0.2) is 0 Å². The Morgan fingerprint density at radius 3 is 2.36 bits per heavy atom. The Bertz CT molecular complexity index is 1390. The fraction of sp³-hybridized carbons (Fsp3) is 0.115. The van der Waals surface area contributed by atoms with Crippen molar-refractivity contribution in [2.24, 2.45) is 0 Å². The molecule has 3 amide bonds. The zero-order chi connectivity index (χ0) is 25.7. The van der Waals surface area contributed by atoms with Crippen LogP contribution in [0.3, 0.4) is 0 Å². The van der Waals surface area contributed by atoms with Crippen molar-refractivity contribution in [3.05, 3.63) is 94.7 Å². The molecule has 1 heterocycles. The molecular formula is C26H22Cl2FN5O2. The Morgan fingerprint density at radius 2 is 1.67 bits per heavy atom. The van der Waals surface area contributed by atoms with Crippen LogP contribution in [-0.4, -0.2) is 39.7 Å². The molecule has 10 heteroatoms. The molecule has 2 N–H and O–H groups in total. The van der Waals surface area contributed by atoms with E-state index >= 15 is 0 Å². The monoisotopic (exact) mass is 525 g/mol. The highest BCUT2D eigenvalue weighted by molar-refractivity contribution is 6.42. The van der Waals surface area contributed by atoms with Gasteiger partial charge in [0.25, 0.3) is 0 Å². The second-order valence-electron chi connectivity index (χ2n) is 7.76. The summed E-state index contributed by atoms with van der Waals surface area (Å²) in [5, 5.41) is 10.7. The van der Waals surface area contributed by atoms with Crippen LogP contribution in [0.2, 0.25) is 10.0 Å². The highest BCUT2D eigenvalue weighted by Crippen LogP contribution is 2.29. The smallest absolute Gasteiger partial charge is 0.315 e. The van der Waals surface area contributed by atoms with Crippen molar-refractivity contribution < 1.29 is 14.0 Å². The summed E-state index contributed by atoms with van der Waals surface area (Å²) >= 11 is 12.3.